The zero-order valence-corrected chi connectivity index (χ0v) is 19.4. The molecule has 1 saturated heterocycles. The van der Waals surface area contributed by atoms with Gasteiger partial charge in [-0.1, -0.05) is 41.6 Å². The minimum absolute atomic E-state index is 0.0633. The Morgan fingerprint density at radius 1 is 1.15 bits per heavy atom. The average molecular weight is 465 g/mol. The number of nitrogens with one attached hydrogen (secondary N) is 1. The summed E-state index contributed by atoms with van der Waals surface area (Å²) in [5, 5.41) is 11.7. The molecule has 1 fully saturated rings. The molecule has 0 radical (unpaired) electrons. The minimum atomic E-state index is -0.215. The van der Waals surface area contributed by atoms with Crippen molar-refractivity contribution in [2.75, 3.05) is 24.2 Å². The molecular formula is C24H28N6O2S. The van der Waals surface area contributed by atoms with E-state index in [0.29, 0.717) is 11.7 Å². The van der Waals surface area contributed by atoms with Crippen LogP contribution < -0.4 is 11.1 Å². The van der Waals surface area contributed by atoms with E-state index in [4.69, 9.17) is 5.73 Å². The van der Waals surface area contributed by atoms with E-state index in [0.717, 1.165) is 42.9 Å². The Bertz CT molecular complexity index is 1100. The van der Waals surface area contributed by atoms with Gasteiger partial charge in [0.05, 0.1) is 11.7 Å². The summed E-state index contributed by atoms with van der Waals surface area (Å²) in [7, 11) is 0. The Hall–Kier alpha value is -3.17. The quantitative estimate of drug-likeness (QED) is 0.497. The summed E-state index contributed by atoms with van der Waals surface area (Å²) in [4.78, 5) is 26.2. The number of anilines is 1. The van der Waals surface area contributed by atoms with Crippen LogP contribution in [0.25, 0.3) is 5.69 Å². The molecule has 3 N–H and O–H groups in total. The third kappa shape index (κ3) is 6.21. The number of aromatic nitrogens is 3. The van der Waals surface area contributed by atoms with Gasteiger partial charge in [0, 0.05) is 24.5 Å². The van der Waals surface area contributed by atoms with E-state index in [9.17, 15) is 9.59 Å². The van der Waals surface area contributed by atoms with Gasteiger partial charge in [-0.2, -0.15) is 0 Å². The number of hydrogen-bond donors (Lipinski definition) is 2. The lowest BCUT2D eigenvalue weighted by atomic mass is 9.97. The number of piperidine rings is 1. The lowest BCUT2D eigenvalue weighted by molar-refractivity contribution is -0.123. The number of primary amides is 1. The Morgan fingerprint density at radius 3 is 2.64 bits per heavy atom. The zero-order chi connectivity index (χ0) is 23.2. The summed E-state index contributed by atoms with van der Waals surface area (Å²) >= 11 is 1.34. The Balaban J connectivity index is 1.28. The second kappa shape index (κ2) is 10.6. The highest BCUT2D eigenvalue weighted by Gasteiger charge is 2.23. The number of carbonyl (C=O) groups excluding carboxylic acids is 2. The van der Waals surface area contributed by atoms with E-state index in [1.165, 1.54) is 17.3 Å². The first kappa shape index (κ1) is 23.0. The number of nitrogens with zero attached hydrogens (tertiary/aromatic N) is 4. The second-order valence-corrected chi connectivity index (χ2v) is 9.27. The van der Waals surface area contributed by atoms with E-state index in [1.807, 2.05) is 60.0 Å². The molecule has 3 aromatic rings. The van der Waals surface area contributed by atoms with Crippen molar-refractivity contribution in [3.8, 4) is 5.69 Å². The first-order valence-corrected chi connectivity index (χ1v) is 12.0. The van der Waals surface area contributed by atoms with E-state index >= 15 is 0 Å². The molecule has 2 aromatic carbocycles. The maximum absolute atomic E-state index is 12.5. The summed E-state index contributed by atoms with van der Waals surface area (Å²) in [6.07, 6.45) is 3.50. The van der Waals surface area contributed by atoms with E-state index in [-0.39, 0.29) is 23.5 Å². The number of likely N-dealkylation sites (tertiary alicyclic amines) is 1. The molecular weight excluding hydrogens is 436 g/mol. The van der Waals surface area contributed by atoms with Gasteiger partial charge >= 0.3 is 0 Å². The summed E-state index contributed by atoms with van der Waals surface area (Å²) in [6, 6.07) is 15.9. The highest BCUT2D eigenvalue weighted by molar-refractivity contribution is 7.99. The first-order chi connectivity index (χ1) is 16.0. The number of hydrogen-bond acceptors (Lipinski definition) is 6. The van der Waals surface area contributed by atoms with Crippen molar-refractivity contribution in [1.29, 1.82) is 0 Å². The molecule has 8 nitrogen and oxygen atoms in total. The van der Waals surface area contributed by atoms with Crippen LogP contribution in [0.5, 0.6) is 0 Å². The van der Waals surface area contributed by atoms with Crippen LogP contribution in [0.4, 0.5) is 5.69 Å². The minimum Gasteiger partial charge on any atom is -0.369 e. The molecule has 1 unspecified atom stereocenters. The normalized spacial score (nSPS) is 16.5. The smallest absolute Gasteiger partial charge is 0.234 e. The summed E-state index contributed by atoms with van der Waals surface area (Å²) in [5.74, 6) is -0.153. The fourth-order valence-electron chi connectivity index (χ4n) is 3.92. The van der Waals surface area contributed by atoms with Gasteiger partial charge in [0.25, 0.3) is 0 Å². The second-order valence-electron chi connectivity index (χ2n) is 8.33. The van der Waals surface area contributed by atoms with Crippen LogP contribution in [0.1, 0.15) is 24.0 Å². The number of aryl methyl sites for hydroxylation is 1. The number of nitrogens with two attached hydrogens (primary N) is 1. The van der Waals surface area contributed by atoms with Crippen LogP contribution >= 0.6 is 11.8 Å². The monoisotopic (exact) mass is 464 g/mol. The molecule has 33 heavy (non-hydrogen) atoms. The summed E-state index contributed by atoms with van der Waals surface area (Å²) < 4.78 is 1.87. The van der Waals surface area contributed by atoms with Crippen molar-refractivity contribution in [2.24, 2.45) is 11.7 Å². The predicted octanol–water partition coefficient (Wildman–Crippen LogP) is 3.00. The molecule has 172 valence electrons. The number of carbonyl (C=O) groups is 2. The van der Waals surface area contributed by atoms with Gasteiger partial charge in [0.15, 0.2) is 5.16 Å². The lowest BCUT2D eigenvalue weighted by Crippen LogP contribution is -2.40. The highest BCUT2D eigenvalue weighted by atomic mass is 32.2. The Morgan fingerprint density at radius 2 is 1.91 bits per heavy atom. The summed E-state index contributed by atoms with van der Waals surface area (Å²) in [5.41, 5.74) is 9.49. The molecule has 0 aliphatic carbocycles. The fourth-order valence-corrected chi connectivity index (χ4v) is 4.64. The van der Waals surface area contributed by atoms with Gasteiger partial charge < -0.3 is 11.1 Å². The average Bonchev–Trinajstić information content (AvgIpc) is 3.28. The van der Waals surface area contributed by atoms with Gasteiger partial charge in [0.2, 0.25) is 11.8 Å². The van der Waals surface area contributed by atoms with Gasteiger partial charge in [-0.05, 0) is 56.1 Å². The molecule has 1 atom stereocenters. The molecule has 0 saturated carbocycles. The molecule has 2 amide bonds. The van der Waals surface area contributed by atoms with Crippen LogP contribution in [0.15, 0.2) is 60.0 Å². The predicted molar refractivity (Wildman–Crippen MR) is 129 cm³/mol. The molecule has 1 aliphatic heterocycles. The van der Waals surface area contributed by atoms with Crippen molar-refractivity contribution >= 4 is 29.3 Å². The number of benzene rings is 2. The molecule has 0 bridgehead atoms. The summed E-state index contributed by atoms with van der Waals surface area (Å²) in [6.45, 7) is 4.48. The zero-order valence-electron chi connectivity index (χ0n) is 18.6. The van der Waals surface area contributed by atoms with Gasteiger partial charge in [-0.15, -0.1) is 10.2 Å². The first-order valence-electron chi connectivity index (χ1n) is 11.0. The largest absolute Gasteiger partial charge is 0.369 e. The van der Waals surface area contributed by atoms with E-state index in [1.54, 1.807) is 6.33 Å². The molecule has 9 heteroatoms. The highest BCUT2D eigenvalue weighted by Crippen LogP contribution is 2.21. The molecule has 0 spiro atoms. The van der Waals surface area contributed by atoms with Gasteiger partial charge in [0.1, 0.15) is 6.33 Å². The topological polar surface area (TPSA) is 106 Å². The molecule has 1 aromatic heterocycles. The van der Waals surface area contributed by atoms with Crippen molar-refractivity contribution in [2.45, 2.75) is 31.5 Å². The number of thioether (sulfide) groups is 1. The van der Waals surface area contributed by atoms with Crippen molar-refractivity contribution in [3.63, 3.8) is 0 Å². The van der Waals surface area contributed by atoms with E-state index < -0.39 is 0 Å². The SMILES string of the molecule is Cc1ccc(-n2cnnc2SCC(=O)Nc2ccc(CN3CCCC(C(N)=O)C3)cc2)cc1. The van der Waals surface area contributed by atoms with Crippen molar-refractivity contribution in [1.82, 2.24) is 19.7 Å². The van der Waals surface area contributed by atoms with Crippen LogP contribution in [-0.2, 0) is 16.1 Å². The maximum Gasteiger partial charge on any atom is 0.234 e. The fraction of sp³-hybridized carbons (Fsp3) is 0.333. The van der Waals surface area contributed by atoms with Crippen LogP contribution in [0, 0.1) is 12.8 Å². The number of rotatable bonds is 8. The Kier molecular flexibility index (Phi) is 7.41. The molecule has 2 heterocycles. The van der Waals surface area contributed by atoms with Crippen LogP contribution in [0.3, 0.4) is 0 Å². The van der Waals surface area contributed by atoms with Gasteiger partial charge in [-0.3, -0.25) is 19.1 Å². The van der Waals surface area contributed by atoms with Crippen LogP contribution in [0.2, 0.25) is 0 Å². The molecule has 1 aliphatic rings. The standard InChI is InChI=1S/C24H28N6O2S/c1-17-4-10-21(11-5-17)30-16-26-28-24(30)33-15-22(31)27-20-8-6-18(7-9-20)13-29-12-2-3-19(14-29)23(25)32/h4-11,16,19H,2-3,12-15H2,1H3,(H2,25,32)(H,27,31). The van der Waals surface area contributed by atoms with Gasteiger partial charge in [-0.25, -0.2) is 0 Å². The maximum atomic E-state index is 12.5. The molecule has 4 rings (SSSR count). The third-order valence-electron chi connectivity index (χ3n) is 5.71. The Labute approximate surface area is 197 Å². The lowest BCUT2D eigenvalue weighted by Gasteiger charge is -2.31. The van der Waals surface area contributed by atoms with Crippen LogP contribution in [-0.4, -0.2) is 50.3 Å². The van der Waals surface area contributed by atoms with Crippen molar-refractivity contribution in [3.05, 3.63) is 66.0 Å². The van der Waals surface area contributed by atoms with Crippen molar-refractivity contribution < 1.29 is 9.59 Å². The number of amides is 2. The van der Waals surface area contributed by atoms with E-state index in [2.05, 4.69) is 20.4 Å². The third-order valence-corrected chi connectivity index (χ3v) is 6.66.